The van der Waals surface area contributed by atoms with Crippen LogP contribution >= 0.6 is 0 Å². The van der Waals surface area contributed by atoms with Crippen molar-refractivity contribution in [2.75, 3.05) is 11.9 Å². The molecular formula is C18H24N2O. The molecule has 21 heavy (non-hydrogen) atoms. The summed E-state index contributed by atoms with van der Waals surface area (Å²) < 4.78 is 5.79. The molecule has 2 rings (SSSR count). The number of nitrogens with one attached hydrogen (secondary N) is 1. The third-order valence-electron chi connectivity index (χ3n) is 3.33. The first-order valence-corrected chi connectivity index (χ1v) is 7.72. The van der Waals surface area contributed by atoms with Crippen LogP contribution in [0.15, 0.2) is 42.6 Å². The van der Waals surface area contributed by atoms with Crippen LogP contribution < -0.4 is 10.1 Å². The van der Waals surface area contributed by atoms with Gasteiger partial charge in [-0.3, -0.25) is 4.98 Å². The fraction of sp³-hybridized carbons (Fsp3) is 0.389. The second-order valence-electron chi connectivity index (χ2n) is 5.10. The third kappa shape index (κ3) is 5.10. The van der Waals surface area contributed by atoms with Gasteiger partial charge in [0.15, 0.2) is 0 Å². The first kappa shape index (κ1) is 15.4. The number of rotatable bonds is 8. The number of hydrogen-bond acceptors (Lipinski definition) is 3. The van der Waals surface area contributed by atoms with E-state index in [0.717, 1.165) is 30.1 Å². The van der Waals surface area contributed by atoms with Crippen LogP contribution in [0, 0.1) is 0 Å². The van der Waals surface area contributed by atoms with Crippen LogP contribution in [-0.2, 0) is 13.0 Å². The van der Waals surface area contributed by atoms with Crippen molar-refractivity contribution in [2.24, 2.45) is 0 Å². The number of unbranched alkanes of at least 4 members (excludes halogenated alkanes) is 1. The van der Waals surface area contributed by atoms with Crippen LogP contribution in [-0.4, -0.2) is 11.5 Å². The summed E-state index contributed by atoms with van der Waals surface area (Å²) in [6, 6.07) is 12.4. The molecule has 0 radical (unpaired) electrons. The molecule has 0 saturated heterocycles. The standard InChI is InChI=1S/C18H24N2O/c1-3-5-6-15-7-9-18(10-8-15)21-14-17-13-16(19-4-2)11-12-20-17/h7-13H,3-6,14H2,1-2H3,(H,19,20). The zero-order valence-electron chi connectivity index (χ0n) is 12.9. The summed E-state index contributed by atoms with van der Waals surface area (Å²) in [7, 11) is 0. The number of nitrogens with zero attached hydrogens (tertiary/aromatic N) is 1. The van der Waals surface area contributed by atoms with Crippen LogP contribution in [0.4, 0.5) is 5.69 Å². The van der Waals surface area contributed by atoms with E-state index in [2.05, 4.69) is 36.3 Å². The summed E-state index contributed by atoms with van der Waals surface area (Å²) >= 11 is 0. The summed E-state index contributed by atoms with van der Waals surface area (Å²) in [5.74, 6) is 0.894. The molecule has 1 aromatic carbocycles. The fourth-order valence-electron chi connectivity index (χ4n) is 2.16. The van der Waals surface area contributed by atoms with Crippen LogP contribution in [0.3, 0.4) is 0 Å². The number of pyridine rings is 1. The highest BCUT2D eigenvalue weighted by atomic mass is 16.5. The number of ether oxygens (including phenoxy) is 1. The smallest absolute Gasteiger partial charge is 0.130 e. The average Bonchev–Trinajstić information content (AvgIpc) is 2.53. The summed E-state index contributed by atoms with van der Waals surface area (Å²) in [5, 5.41) is 3.28. The molecule has 3 heteroatoms. The monoisotopic (exact) mass is 284 g/mol. The number of anilines is 1. The lowest BCUT2D eigenvalue weighted by atomic mass is 10.1. The molecule has 0 saturated carbocycles. The van der Waals surface area contributed by atoms with Gasteiger partial charge in [0.1, 0.15) is 12.4 Å². The number of benzene rings is 1. The van der Waals surface area contributed by atoms with Crippen LogP contribution in [0.1, 0.15) is 37.9 Å². The average molecular weight is 284 g/mol. The number of aryl methyl sites for hydroxylation is 1. The molecule has 0 fully saturated rings. The minimum atomic E-state index is 0.494. The van der Waals surface area contributed by atoms with E-state index in [1.807, 2.05) is 30.5 Å². The summed E-state index contributed by atoms with van der Waals surface area (Å²) in [5.41, 5.74) is 3.39. The molecule has 0 aliphatic heterocycles. The van der Waals surface area contributed by atoms with E-state index < -0.39 is 0 Å². The van der Waals surface area contributed by atoms with E-state index in [1.54, 1.807) is 0 Å². The predicted molar refractivity (Wildman–Crippen MR) is 87.8 cm³/mol. The molecule has 0 unspecified atom stereocenters. The summed E-state index contributed by atoms with van der Waals surface area (Å²) in [4.78, 5) is 4.33. The highest BCUT2D eigenvalue weighted by molar-refractivity contribution is 5.42. The van der Waals surface area contributed by atoms with Crippen molar-refractivity contribution >= 4 is 5.69 Å². The Morgan fingerprint density at radius 1 is 1.10 bits per heavy atom. The molecule has 0 aliphatic carbocycles. The van der Waals surface area contributed by atoms with Crippen molar-refractivity contribution in [1.82, 2.24) is 4.98 Å². The molecule has 0 amide bonds. The van der Waals surface area contributed by atoms with Crippen molar-refractivity contribution < 1.29 is 4.74 Å². The Bertz CT molecular complexity index is 537. The SMILES string of the molecule is CCCCc1ccc(OCc2cc(NCC)ccn2)cc1. The van der Waals surface area contributed by atoms with Gasteiger partial charge >= 0.3 is 0 Å². The zero-order chi connectivity index (χ0) is 14.9. The van der Waals surface area contributed by atoms with E-state index >= 15 is 0 Å². The summed E-state index contributed by atoms with van der Waals surface area (Å²) in [6.07, 6.45) is 5.42. The highest BCUT2D eigenvalue weighted by Crippen LogP contribution is 2.16. The number of hydrogen-bond donors (Lipinski definition) is 1. The molecule has 0 spiro atoms. The van der Waals surface area contributed by atoms with E-state index in [9.17, 15) is 0 Å². The Kier molecular flexibility index (Phi) is 6.07. The van der Waals surface area contributed by atoms with E-state index in [0.29, 0.717) is 6.61 Å². The Morgan fingerprint density at radius 2 is 1.90 bits per heavy atom. The highest BCUT2D eigenvalue weighted by Gasteiger charge is 2.00. The molecule has 2 aromatic rings. The van der Waals surface area contributed by atoms with Crippen molar-refractivity contribution in [1.29, 1.82) is 0 Å². The van der Waals surface area contributed by atoms with Crippen molar-refractivity contribution in [3.05, 3.63) is 53.9 Å². The van der Waals surface area contributed by atoms with E-state index in [-0.39, 0.29) is 0 Å². The van der Waals surface area contributed by atoms with Crippen molar-refractivity contribution in [3.63, 3.8) is 0 Å². The minimum Gasteiger partial charge on any atom is -0.487 e. The molecule has 1 N–H and O–H groups in total. The predicted octanol–water partition coefficient (Wildman–Crippen LogP) is 4.44. The Hall–Kier alpha value is -2.03. The lowest BCUT2D eigenvalue weighted by Crippen LogP contribution is -2.01. The maximum atomic E-state index is 5.79. The molecule has 1 aromatic heterocycles. The second kappa shape index (κ2) is 8.30. The quantitative estimate of drug-likeness (QED) is 0.778. The second-order valence-corrected chi connectivity index (χ2v) is 5.10. The van der Waals surface area contributed by atoms with Crippen LogP contribution in [0.2, 0.25) is 0 Å². The topological polar surface area (TPSA) is 34.1 Å². The fourth-order valence-corrected chi connectivity index (χ4v) is 2.16. The molecule has 0 aliphatic rings. The van der Waals surface area contributed by atoms with Gasteiger partial charge in [0.2, 0.25) is 0 Å². The summed E-state index contributed by atoms with van der Waals surface area (Å²) in [6.45, 7) is 5.69. The minimum absolute atomic E-state index is 0.494. The molecule has 3 nitrogen and oxygen atoms in total. The van der Waals surface area contributed by atoms with Crippen LogP contribution in [0.25, 0.3) is 0 Å². The molecule has 0 atom stereocenters. The van der Waals surface area contributed by atoms with E-state index in [4.69, 9.17) is 4.74 Å². The van der Waals surface area contributed by atoms with Gasteiger partial charge in [0.05, 0.1) is 5.69 Å². The van der Waals surface area contributed by atoms with Crippen LogP contribution in [0.5, 0.6) is 5.75 Å². The lowest BCUT2D eigenvalue weighted by molar-refractivity contribution is 0.301. The van der Waals surface area contributed by atoms with Gasteiger partial charge in [-0.05, 0) is 49.6 Å². The number of aromatic nitrogens is 1. The maximum absolute atomic E-state index is 5.79. The van der Waals surface area contributed by atoms with Crippen molar-refractivity contribution in [2.45, 2.75) is 39.7 Å². The zero-order valence-corrected chi connectivity index (χ0v) is 12.9. The van der Waals surface area contributed by atoms with Gasteiger partial charge in [-0.1, -0.05) is 25.5 Å². The van der Waals surface area contributed by atoms with Gasteiger partial charge in [-0.25, -0.2) is 0 Å². The van der Waals surface area contributed by atoms with Gasteiger partial charge in [-0.15, -0.1) is 0 Å². The third-order valence-corrected chi connectivity index (χ3v) is 3.33. The molecular weight excluding hydrogens is 260 g/mol. The van der Waals surface area contributed by atoms with Crippen molar-refractivity contribution in [3.8, 4) is 5.75 Å². The Balaban J connectivity index is 1.88. The first-order valence-electron chi connectivity index (χ1n) is 7.72. The van der Waals surface area contributed by atoms with Gasteiger partial charge in [0.25, 0.3) is 0 Å². The maximum Gasteiger partial charge on any atom is 0.130 e. The lowest BCUT2D eigenvalue weighted by Gasteiger charge is -2.08. The Morgan fingerprint density at radius 3 is 2.62 bits per heavy atom. The first-order chi connectivity index (χ1) is 10.3. The van der Waals surface area contributed by atoms with Gasteiger partial charge < -0.3 is 10.1 Å². The van der Waals surface area contributed by atoms with Gasteiger partial charge in [-0.2, -0.15) is 0 Å². The van der Waals surface area contributed by atoms with Gasteiger partial charge in [0, 0.05) is 18.4 Å². The molecule has 112 valence electrons. The molecule has 0 bridgehead atoms. The Labute approximate surface area is 127 Å². The normalized spacial score (nSPS) is 10.4. The largest absolute Gasteiger partial charge is 0.487 e. The molecule has 1 heterocycles. The van der Waals surface area contributed by atoms with E-state index in [1.165, 1.54) is 18.4 Å².